The number of ether oxygens (including phenoxy) is 2. The van der Waals surface area contributed by atoms with Gasteiger partial charge in [-0.3, -0.25) is 0 Å². The lowest BCUT2D eigenvalue weighted by Gasteiger charge is -2.19. The van der Waals surface area contributed by atoms with Crippen molar-refractivity contribution >= 4 is 28.5 Å². The Morgan fingerprint density at radius 3 is 2.48 bits per heavy atom. The van der Waals surface area contributed by atoms with Crippen molar-refractivity contribution in [1.29, 1.82) is 0 Å². The summed E-state index contributed by atoms with van der Waals surface area (Å²) in [5, 5.41) is 0.657. The summed E-state index contributed by atoms with van der Waals surface area (Å²) in [5.41, 5.74) is 1.15. The van der Waals surface area contributed by atoms with E-state index < -0.39 is 11.6 Å². The fourth-order valence-electron chi connectivity index (χ4n) is 3.14. The molecule has 0 unspecified atom stereocenters. The van der Waals surface area contributed by atoms with E-state index in [9.17, 15) is 9.59 Å². The molecule has 1 heterocycles. The molecule has 0 spiro atoms. The predicted molar refractivity (Wildman–Crippen MR) is 106 cm³/mol. The zero-order valence-electron chi connectivity index (χ0n) is 16.5. The zero-order chi connectivity index (χ0) is 20.1. The van der Waals surface area contributed by atoms with Gasteiger partial charge in [0.05, 0.1) is 29.7 Å². The van der Waals surface area contributed by atoms with E-state index in [0.29, 0.717) is 23.1 Å². The summed E-state index contributed by atoms with van der Waals surface area (Å²) in [6.45, 7) is 10.5. The van der Waals surface area contributed by atoms with E-state index in [1.54, 1.807) is 6.92 Å². The Hall–Kier alpha value is -2.05. The maximum Gasteiger partial charge on any atom is 0.339 e. The summed E-state index contributed by atoms with van der Waals surface area (Å²) < 4.78 is 16.0. The van der Waals surface area contributed by atoms with Gasteiger partial charge in [0.15, 0.2) is 5.58 Å². The van der Waals surface area contributed by atoms with Gasteiger partial charge in [0.2, 0.25) is 0 Å². The highest BCUT2D eigenvalue weighted by molar-refractivity contribution is 6.38. The van der Waals surface area contributed by atoms with Crippen molar-refractivity contribution in [1.82, 2.24) is 4.90 Å². The first-order chi connectivity index (χ1) is 12.9. The molecule has 7 heteroatoms. The molecule has 0 aliphatic heterocycles. The van der Waals surface area contributed by atoms with Crippen LogP contribution >= 0.6 is 11.6 Å². The highest BCUT2D eigenvalue weighted by Crippen LogP contribution is 2.37. The lowest BCUT2D eigenvalue weighted by atomic mass is 10.0. The molecule has 0 N–H and O–H groups in total. The van der Waals surface area contributed by atoms with Gasteiger partial charge in [0, 0.05) is 12.1 Å². The predicted octanol–water partition coefficient (Wildman–Crippen LogP) is 3.82. The fourth-order valence-corrected chi connectivity index (χ4v) is 3.40. The number of halogens is 1. The monoisotopic (exact) mass is 395 g/mol. The van der Waals surface area contributed by atoms with E-state index in [1.807, 2.05) is 6.92 Å². The molecule has 6 nitrogen and oxygen atoms in total. The number of esters is 1. The number of carbonyl (C=O) groups excluding carboxylic acids is 1. The SMILES string of the molecule is CCOC(=O)c1cc(OC)c2c(C)c(CCN(CC)CC)c(=O)oc2c1Cl. The molecule has 0 aliphatic carbocycles. The zero-order valence-corrected chi connectivity index (χ0v) is 17.2. The molecule has 2 aromatic rings. The summed E-state index contributed by atoms with van der Waals surface area (Å²) in [5.74, 6) is -0.170. The molecule has 0 fully saturated rings. The first-order valence-corrected chi connectivity index (χ1v) is 9.49. The molecule has 2 rings (SSSR count). The van der Waals surface area contributed by atoms with Crippen molar-refractivity contribution in [2.75, 3.05) is 33.4 Å². The second kappa shape index (κ2) is 9.24. The van der Waals surface area contributed by atoms with E-state index in [4.69, 9.17) is 25.5 Å². The van der Waals surface area contributed by atoms with Crippen LogP contribution in [0.5, 0.6) is 5.75 Å². The minimum atomic E-state index is -0.589. The highest BCUT2D eigenvalue weighted by atomic mass is 35.5. The number of nitrogens with zero attached hydrogens (tertiary/aromatic N) is 1. The molecule has 0 bridgehead atoms. The average molecular weight is 396 g/mol. The van der Waals surface area contributed by atoms with Crippen LogP contribution in [0.1, 0.15) is 42.3 Å². The van der Waals surface area contributed by atoms with Gasteiger partial charge in [0.25, 0.3) is 0 Å². The van der Waals surface area contributed by atoms with Crippen LogP contribution in [-0.4, -0.2) is 44.2 Å². The second-order valence-electron chi connectivity index (χ2n) is 6.13. The van der Waals surface area contributed by atoms with Crippen molar-refractivity contribution in [3.05, 3.63) is 38.2 Å². The van der Waals surface area contributed by atoms with Crippen molar-refractivity contribution < 1.29 is 18.7 Å². The van der Waals surface area contributed by atoms with Crippen LogP contribution in [0, 0.1) is 6.92 Å². The Morgan fingerprint density at radius 2 is 1.93 bits per heavy atom. The molecule has 0 saturated heterocycles. The van der Waals surface area contributed by atoms with Gasteiger partial charge < -0.3 is 18.8 Å². The number of likely N-dealkylation sites (N-methyl/N-ethyl adjacent to an activating group) is 1. The van der Waals surface area contributed by atoms with Crippen molar-refractivity contribution in [3.63, 3.8) is 0 Å². The van der Waals surface area contributed by atoms with Gasteiger partial charge in [-0.15, -0.1) is 0 Å². The van der Waals surface area contributed by atoms with Crippen LogP contribution in [0.3, 0.4) is 0 Å². The van der Waals surface area contributed by atoms with E-state index in [-0.39, 0.29) is 22.8 Å². The number of benzene rings is 1. The Labute approximate surface area is 164 Å². The van der Waals surface area contributed by atoms with Gasteiger partial charge in [-0.1, -0.05) is 25.4 Å². The minimum absolute atomic E-state index is 0.0553. The lowest BCUT2D eigenvalue weighted by molar-refractivity contribution is 0.0526. The minimum Gasteiger partial charge on any atom is -0.496 e. The molecule has 1 aromatic heterocycles. The molecule has 0 atom stereocenters. The van der Waals surface area contributed by atoms with Gasteiger partial charge in [-0.05, 0) is 45.0 Å². The molecule has 0 saturated carbocycles. The van der Waals surface area contributed by atoms with Gasteiger partial charge in [-0.2, -0.15) is 0 Å². The molecule has 1 aromatic carbocycles. The van der Waals surface area contributed by atoms with Crippen molar-refractivity contribution in [2.45, 2.75) is 34.1 Å². The molecular formula is C20H26ClNO5. The Morgan fingerprint density at radius 1 is 1.26 bits per heavy atom. The normalized spacial score (nSPS) is 11.2. The number of aryl methyl sites for hydroxylation is 1. The van der Waals surface area contributed by atoms with Crippen LogP contribution in [-0.2, 0) is 11.2 Å². The average Bonchev–Trinajstić information content (AvgIpc) is 2.65. The molecule has 27 heavy (non-hydrogen) atoms. The molecule has 148 valence electrons. The van der Waals surface area contributed by atoms with Crippen molar-refractivity contribution in [3.8, 4) is 5.75 Å². The van der Waals surface area contributed by atoms with E-state index in [2.05, 4.69) is 18.7 Å². The van der Waals surface area contributed by atoms with E-state index in [1.165, 1.54) is 13.2 Å². The first-order valence-electron chi connectivity index (χ1n) is 9.11. The maximum absolute atomic E-state index is 12.6. The number of hydrogen-bond acceptors (Lipinski definition) is 6. The third-order valence-corrected chi connectivity index (χ3v) is 5.12. The third-order valence-electron chi connectivity index (χ3n) is 4.74. The smallest absolute Gasteiger partial charge is 0.339 e. The maximum atomic E-state index is 12.6. The van der Waals surface area contributed by atoms with Crippen LogP contribution in [0.25, 0.3) is 11.0 Å². The van der Waals surface area contributed by atoms with Gasteiger partial charge in [-0.25, -0.2) is 9.59 Å². The quantitative estimate of drug-likeness (QED) is 0.500. The van der Waals surface area contributed by atoms with E-state index >= 15 is 0 Å². The third kappa shape index (κ3) is 4.28. The van der Waals surface area contributed by atoms with Crippen LogP contribution in [0.4, 0.5) is 0 Å². The number of hydrogen-bond donors (Lipinski definition) is 0. The fraction of sp³-hybridized carbons (Fsp3) is 0.500. The largest absolute Gasteiger partial charge is 0.496 e. The van der Waals surface area contributed by atoms with Crippen LogP contribution in [0.2, 0.25) is 5.02 Å². The van der Waals surface area contributed by atoms with Gasteiger partial charge in [0.1, 0.15) is 5.75 Å². The Balaban J connectivity index is 2.64. The number of methoxy groups -OCH3 is 1. The van der Waals surface area contributed by atoms with Crippen LogP contribution in [0.15, 0.2) is 15.3 Å². The highest BCUT2D eigenvalue weighted by Gasteiger charge is 2.23. The Bertz CT molecular complexity index is 886. The molecular weight excluding hydrogens is 370 g/mol. The summed E-state index contributed by atoms with van der Waals surface area (Å²) in [7, 11) is 1.50. The number of rotatable bonds is 8. The standard InChI is InChI=1S/C20H26ClNO5/c1-6-22(7-2)10-9-13-12(4)16-15(25-5)11-14(19(23)26-8-3)17(21)18(16)27-20(13)24/h11H,6-10H2,1-5H3. The summed E-state index contributed by atoms with van der Waals surface area (Å²) in [4.78, 5) is 27.0. The molecule has 0 amide bonds. The topological polar surface area (TPSA) is 69.0 Å². The molecule has 0 radical (unpaired) electrons. The summed E-state index contributed by atoms with van der Waals surface area (Å²) in [6.07, 6.45) is 0.562. The second-order valence-corrected chi connectivity index (χ2v) is 6.51. The summed E-state index contributed by atoms with van der Waals surface area (Å²) >= 11 is 6.37. The van der Waals surface area contributed by atoms with Crippen molar-refractivity contribution in [2.24, 2.45) is 0 Å². The summed E-state index contributed by atoms with van der Waals surface area (Å²) in [6, 6.07) is 1.53. The first kappa shape index (κ1) is 21.3. The van der Waals surface area contributed by atoms with E-state index in [0.717, 1.165) is 25.2 Å². The number of carbonyl (C=O) groups is 1. The Kier molecular flexibility index (Phi) is 7.27. The number of fused-ring (bicyclic) bond motifs is 1. The van der Waals surface area contributed by atoms with Crippen LogP contribution < -0.4 is 10.4 Å². The lowest BCUT2D eigenvalue weighted by Crippen LogP contribution is -2.27. The molecule has 0 aliphatic rings. The van der Waals surface area contributed by atoms with Gasteiger partial charge >= 0.3 is 11.6 Å².